The predicted octanol–water partition coefficient (Wildman–Crippen LogP) is 3.49. The first-order valence-electron chi connectivity index (χ1n) is 7.67. The van der Waals surface area contributed by atoms with Crippen molar-refractivity contribution >= 4 is 17.9 Å². The van der Waals surface area contributed by atoms with Gasteiger partial charge in [-0.3, -0.25) is 0 Å². The molecule has 2 aliphatic heterocycles. The van der Waals surface area contributed by atoms with Crippen molar-refractivity contribution in [2.45, 2.75) is 19.4 Å². The Balaban J connectivity index is 1.67. The molecule has 2 aromatic carbocycles. The number of fused-ring (bicyclic) bond motifs is 1. The molecule has 2 aliphatic rings. The molecular weight excluding hydrogens is 309 g/mol. The van der Waals surface area contributed by atoms with E-state index >= 15 is 0 Å². The maximum Gasteiger partial charge on any atom is 0.363 e. The van der Waals surface area contributed by atoms with E-state index < -0.39 is 11.8 Å². The Hall–Kier alpha value is -2.95. The van der Waals surface area contributed by atoms with Crippen LogP contribution < -0.4 is 4.74 Å². The van der Waals surface area contributed by atoms with Crippen LogP contribution >= 0.6 is 0 Å². The van der Waals surface area contributed by atoms with Crippen LogP contribution in [0.1, 0.15) is 23.6 Å². The molecule has 0 fully saturated rings. The number of ether oxygens (including phenoxy) is 2. The molecule has 0 saturated carbocycles. The summed E-state index contributed by atoms with van der Waals surface area (Å²) in [4.78, 5) is 16.1. The van der Waals surface area contributed by atoms with E-state index in [9.17, 15) is 9.18 Å². The van der Waals surface area contributed by atoms with E-state index in [1.54, 1.807) is 18.2 Å². The van der Waals surface area contributed by atoms with Gasteiger partial charge in [0.05, 0.1) is 5.56 Å². The fourth-order valence-electron chi connectivity index (χ4n) is 2.85. The number of hydrogen-bond acceptors (Lipinski definition) is 4. The first kappa shape index (κ1) is 14.6. The summed E-state index contributed by atoms with van der Waals surface area (Å²) in [7, 11) is 0. The molecule has 0 saturated heterocycles. The highest BCUT2D eigenvalue weighted by Crippen LogP contribution is 2.30. The van der Waals surface area contributed by atoms with Crippen LogP contribution in [0.2, 0.25) is 0 Å². The van der Waals surface area contributed by atoms with Crippen molar-refractivity contribution in [2.24, 2.45) is 4.99 Å². The van der Waals surface area contributed by atoms with Crippen molar-refractivity contribution in [3.8, 4) is 5.75 Å². The third-order valence-corrected chi connectivity index (χ3v) is 3.95. The van der Waals surface area contributed by atoms with E-state index in [4.69, 9.17) is 9.47 Å². The molecule has 4 rings (SSSR count). The number of aliphatic imine (C=N–C) groups is 1. The zero-order valence-electron chi connectivity index (χ0n) is 13.0. The molecule has 4 nitrogen and oxygen atoms in total. The van der Waals surface area contributed by atoms with Crippen molar-refractivity contribution in [3.05, 3.63) is 70.7 Å². The lowest BCUT2D eigenvalue weighted by atomic mass is 10.1. The summed E-state index contributed by atoms with van der Waals surface area (Å²) in [5.74, 6) is -0.205. The molecule has 0 aliphatic carbocycles. The van der Waals surface area contributed by atoms with Crippen molar-refractivity contribution in [3.63, 3.8) is 0 Å². The van der Waals surface area contributed by atoms with Gasteiger partial charge in [-0.05, 0) is 48.4 Å². The van der Waals surface area contributed by atoms with Gasteiger partial charge >= 0.3 is 5.97 Å². The third kappa shape index (κ3) is 2.58. The quantitative estimate of drug-likeness (QED) is 0.628. The number of nitrogens with zero attached hydrogens (tertiary/aromatic N) is 1. The maximum absolute atomic E-state index is 13.8. The smallest absolute Gasteiger partial charge is 0.363 e. The van der Waals surface area contributed by atoms with Gasteiger partial charge in [-0.25, -0.2) is 14.2 Å². The largest absolute Gasteiger partial charge is 0.490 e. The van der Waals surface area contributed by atoms with Crippen LogP contribution in [0.4, 0.5) is 4.39 Å². The molecule has 120 valence electrons. The lowest BCUT2D eigenvalue weighted by molar-refractivity contribution is -0.129. The summed E-state index contributed by atoms with van der Waals surface area (Å²) in [5.41, 5.74) is 2.25. The second kappa shape index (κ2) is 5.60. The second-order valence-corrected chi connectivity index (χ2v) is 5.82. The Morgan fingerprint density at radius 3 is 2.92 bits per heavy atom. The standard InChI is InChI=1S/C19H14FNO3/c1-11-8-13-9-12(6-7-17(13)23-11)10-16-19(22)24-18(21-16)14-4-2-3-5-15(14)20/h2-7,9-11H,8H2,1H3/b16-10+. The predicted molar refractivity (Wildman–Crippen MR) is 87.2 cm³/mol. The highest BCUT2D eigenvalue weighted by molar-refractivity contribution is 6.12. The lowest BCUT2D eigenvalue weighted by Crippen LogP contribution is -2.07. The SMILES string of the molecule is CC1Cc2cc(/C=C3/N=C(c4ccccc4F)OC3=O)ccc2O1. The first-order valence-corrected chi connectivity index (χ1v) is 7.67. The third-order valence-electron chi connectivity index (χ3n) is 3.95. The van der Waals surface area contributed by atoms with E-state index in [1.807, 2.05) is 25.1 Å². The van der Waals surface area contributed by atoms with Crippen LogP contribution in [0.25, 0.3) is 6.08 Å². The van der Waals surface area contributed by atoms with Gasteiger partial charge in [0.15, 0.2) is 5.70 Å². The normalized spacial score (nSPS) is 20.6. The summed E-state index contributed by atoms with van der Waals surface area (Å²) >= 11 is 0. The van der Waals surface area contributed by atoms with Crippen LogP contribution in [0.5, 0.6) is 5.75 Å². The van der Waals surface area contributed by atoms with E-state index in [2.05, 4.69) is 4.99 Å². The number of rotatable bonds is 2. The molecule has 2 aromatic rings. The Morgan fingerprint density at radius 2 is 2.08 bits per heavy atom. The highest BCUT2D eigenvalue weighted by atomic mass is 19.1. The zero-order chi connectivity index (χ0) is 16.7. The summed E-state index contributed by atoms with van der Waals surface area (Å²) in [6, 6.07) is 11.8. The first-order chi connectivity index (χ1) is 11.6. The number of esters is 1. The average molecular weight is 323 g/mol. The molecule has 0 aromatic heterocycles. The van der Waals surface area contributed by atoms with Crippen molar-refractivity contribution in [2.75, 3.05) is 0 Å². The molecular formula is C19H14FNO3. The topological polar surface area (TPSA) is 47.9 Å². The van der Waals surface area contributed by atoms with Gasteiger partial charge in [0, 0.05) is 6.42 Å². The Bertz CT molecular complexity index is 901. The molecule has 24 heavy (non-hydrogen) atoms. The summed E-state index contributed by atoms with van der Waals surface area (Å²) in [6.45, 7) is 2.01. The van der Waals surface area contributed by atoms with Crippen LogP contribution in [0.3, 0.4) is 0 Å². The van der Waals surface area contributed by atoms with Gasteiger partial charge < -0.3 is 9.47 Å². The fourth-order valence-corrected chi connectivity index (χ4v) is 2.85. The number of halogens is 1. The molecule has 0 radical (unpaired) electrons. The van der Waals surface area contributed by atoms with Crippen LogP contribution in [-0.2, 0) is 16.0 Å². The van der Waals surface area contributed by atoms with E-state index in [0.717, 1.165) is 23.3 Å². The number of benzene rings is 2. The number of hydrogen-bond donors (Lipinski definition) is 0. The van der Waals surface area contributed by atoms with Crippen molar-refractivity contribution in [1.29, 1.82) is 0 Å². The maximum atomic E-state index is 13.8. The van der Waals surface area contributed by atoms with Gasteiger partial charge in [-0.1, -0.05) is 18.2 Å². The highest BCUT2D eigenvalue weighted by Gasteiger charge is 2.26. The van der Waals surface area contributed by atoms with Gasteiger partial charge in [0.2, 0.25) is 5.90 Å². The zero-order valence-corrected chi connectivity index (χ0v) is 13.0. The minimum Gasteiger partial charge on any atom is -0.490 e. The minimum absolute atomic E-state index is 0.0116. The van der Waals surface area contributed by atoms with Crippen molar-refractivity contribution < 1.29 is 18.7 Å². The monoisotopic (exact) mass is 323 g/mol. The molecule has 0 N–H and O–H groups in total. The molecule has 0 amide bonds. The number of carbonyl (C=O) groups excluding carboxylic acids is 1. The van der Waals surface area contributed by atoms with Crippen molar-refractivity contribution in [1.82, 2.24) is 0 Å². The second-order valence-electron chi connectivity index (χ2n) is 5.82. The Morgan fingerprint density at radius 1 is 1.25 bits per heavy atom. The lowest BCUT2D eigenvalue weighted by Gasteiger charge is -2.02. The fraction of sp³-hybridized carbons (Fsp3) is 0.158. The summed E-state index contributed by atoms with van der Waals surface area (Å²) in [5, 5.41) is 0. The van der Waals surface area contributed by atoms with Gasteiger partial charge in [-0.2, -0.15) is 0 Å². The Kier molecular flexibility index (Phi) is 3.41. The molecule has 0 bridgehead atoms. The Labute approximate surface area is 138 Å². The number of carbonyl (C=O) groups is 1. The average Bonchev–Trinajstić information content (AvgIpc) is 3.09. The van der Waals surface area contributed by atoms with E-state index in [1.165, 1.54) is 12.1 Å². The molecule has 2 heterocycles. The van der Waals surface area contributed by atoms with E-state index in [-0.39, 0.29) is 23.3 Å². The number of cyclic esters (lactones) is 1. The van der Waals surface area contributed by atoms with Gasteiger partial charge in [-0.15, -0.1) is 0 Å². The molecule has 1 unspecified atom stereocenters. The van der Waals surface area contributed by atoms with Crippen LogP contribution in [0, 0.1) is 5.82 Å². The van der Waals surface area contributed by atoms with Crippen LogP contribution in [-0.4, -0.2) is 18.0 Å². The molecule has 0 spiro atoms. The summed E-state index contributed by atoms with van der Waals surface area (Å²) < 4.78 is 24.6. The summed E-state index contributed by atoms with van der Waals surface area (Å²) in [6.07, 6.45) is 2.63. The van der Waals surface area contributed by atoms with Gasteiger partial charge in [0.25, 0.3) is 0 Å². The molecule has 5 heteroatoms. The minimum atomic E-state index is -0.585. The van der Waals surface area contributed by atoms with Gasteiger partial charge in [0.1, 0.15) is 17.7 Å². The van der Waals surface area contributed by atoms with Crippen LogP contribution in [0.15, 0.2) is 53.2 Å². The molecule has 1 atom stereocenters. The van der Waals surface area contributed by atoms with E-state index in [0.29, 0.717) is 0 Å².